The summed E-state index contributed by atoms with van der Waals surface area (Å²) in [5.41, 5.74) is 0.948. The first-order chi connectivity index (χ1) is 9.99. The van der Waals surface area contributed by atoms with E-state index in [0.29, 0.717) is 11.1 Å². The maximum absolute atomic E-state index is 12.2. The van der Waals surface area contributed by atoms with Gasteiger partial charge in [0.15, 0.2) is 4.87 Å². The Morgan fingerprint density at radius 3 is 2.52 bits per heavy atom. The third-order valence-corrected chi connectivity index (χ3v) is 3.81. The lowest BCUT2D eigenvalue weighted by Crippen LogP contribution is -2.51. The number of thioether (sulfide) groups is 1. The van der Waals surface area contributed by atoms with Gasteiger partial charge in [-0.1, -0.05) is 36.5 Å². The zero-order chi connectivity index (χ0) is 15.9. The van der Waals surface area contributed by atoms with Crippen molar-refractivity contribution in [2.24, 2.45) is 0 Å². The van der Waals surface area contributed by atoms with Crippen molar-refractivity contribution in [2.75, 3.05) is 0 Å². The van der Waals surface area contributed by atoms with Crippen LogP contribution in [0.1, 0.15) is 22.3 Å². The second kappa shape index (κ2) is 7.62. The van der Waals surface area contributed by atoms with Crippen molar-refractivity contribution in [3.05, 3.63) is 47.4 Å². The third-order valence-electron chi connectivity index (χ3n) is 2.63. The van der Waals surface area contributed by atoms with Crippen molar-refractivity contribution < 1.29 is 14.7 Å². The van der Waals surface area contributed by atoms with Gasteiger partial charge in [-0.25, -0.2) is 4.79 Å². The van der Waals surface area contributed by atoms with E-state index in [4.69, 9.17) is 18.6 Å². The van der Waals surface area contributed by atoms with Gasteiger partial charge in [-0.05, 0) is 35.0 Å². The lowest BCUT2D eigenvalue weighted by Gasteiger charge is -2.27. The Balaban J connectivity index is 3.03. The first-order valence-corrected chi connectivity index (χ1v) is 7.19. The molecule has 1 rings (SSSR count). The van der Waals surface area contributed by atoms with E-state index < -0.39 is 16.7 Å². The number of hydrogen-bond donors (Lipinski definition) is 2. The summed E-state index contributed by atoms with van der Waals surface area (Å²) in [7, 11) is 0. The van der Waals surface area contributed by atoms with Gasteiger partial charge in [-0.3, -0.25) is 4.79 Å². The Bertz CT molecular complexity index is 592. The Morgan fingerprint density at radius 2 is 2.10 bits per heavy atom. The minimum absolute atomic E-state index is 0.0114. The zero-order valence-electron chi connectivity index (χ0n) is 11.0. The van der Waals surface area contributed by atoms with E-state index in [2.05, 4.69) is 17.8 Å². The van der Waals surface area contributed by atoms with Crippen molar-refractivity contribution in [1.82, 2.24) is 5.32 Å². The number of hydrogen-bond acceptors (Lipinski definition) is 4. The van der Waals surface area contributed by atoms with Gasteiger partial charge in [0.1, 0.15) is 0 Å². The molecule has 0 aliphatic rings. The van der Waals surface area contributed by atoms with E-state index in [1.807, 2.05) is 0 Å². The van der Waals surface area contributed by atoms with Crippen LogP contribution in [-0.2, 0) is 4.79 Å². The molecule has 1 amide bonds. The van der Waals surface area contributed by atoms with Gasteiger partial charge in [-0.2, -0.15) is 0 Å². The van der Waals surface area contributed by atoms with E-state index in [9.17, 15) is 14.7 Å². The second-order valence-electron chi connectivity index (χ2n) is 3.96. The summed E-state index contributed by atoms with van der Waals surface area (Å²) < 4.78 is 0. The number of rotatable bonds is 7. The van der Waals surface area contributed by atoms with E-state index in [1.54, 1.807) is 12.1 Å². The highest BCUT2D eigenvalue weighted by molar-refractivity contribution is 8.04. The highest BCUT2D eigenvalue weighted by Crippen LogP contribution is 2.27. The number of carboxylic acids is 1. The van der Waals surface area contributed by atoms with Gasteiger partial charge in [0.2, 0.25) is 0 Å². The average Bonchev–Trinajstić information content (AvgIpc) is 2.47. The number of carbonyl (C=O) groups excluding carboxylic acids is 1. The molecule has 0 aliphatic carbocycles. The van der Waals surface area contributed by atoms with E-state index in [-0.39, 0.29) is 6.42 Å². The number of aliphatic carboxylic acids is 1. The topological polar surface area (TPSA) is 66.4 Å². The molecule has 1 atom stereocenters. The van der Waals surface area contributed by atoms with Crippen molar-refractivity contribution in [3.8, 4) is 12.3 Å². The van der Waals surface area contributed by atoms with Gasteiger partial charge in [0.05, 0.1) is 0 Å². The largest absolute Gasteiger partial charge is 0.479 e. The van der Waals surface area contributed by atoms with Gasteiger partial charge in [0, 0.05) is 17.5 Å². The Kier molecular flexibility index (Phi) is 6.15. The van der Waals surface area contributed by atoms with E-state index in [1.165, 1.54) is 22.9 Å². The SMILES string of the molecule is C#Cc1ccc(C(=O)NC(CC=S)(SC=C)C(=O)O)cc1. The average molecular weight is 319 g/mol. The highest BCUT2D eigenvalue weighted by atomic mass is 32.2. The minimum Gasteiger partial charge on any atom is -0.479 e. The van der Waals surface area contributed by atoms with Crippen molar-refractivity contribution >= 4 is 41.2 Å². The van der Waals surface area contributed by atoms with Crippen LogP contribution in [0.25, 0.3) is 0 Å². The lowest BCUT2D eigenvalue weighted by molar-refractivity contribution is -0.140. The summed E-state index contributed by atoms with van der Waals surface area (Å²) in [4.78, 5) is 22.1. The van der Waals surface area contributed by atoms with Gasteiger partial charge in [-0.15, -0.1) is 6.42 Å². The Hall–Kier alpha value is -2.10. The smallest absolute Gasteiger partial charge is 0.340 e. The summed E-state index contributed by atoms with van der Waals surface area (Å²) >= 11 is 5.62. The number of carbonyl (C=O) groups is 2. The summed E-state index contributed by atoms with van der Waals surface area (Å²) in [5.74, 6) is 0.725. The van der Waals surface area contributed by atoms with Crippen LogP contribution in [-0.4, -0.2) is 27.2 Å². The number of terminal acetylenes is 1. The van der Waals surface area contributed by atoms with Gasteiger partial charge < -0.3 is 10.4 Å². The molecule has 6 heteroatoms. The molecule has 1 aromatic carbocycles. The number of amides is 1. The third kappa shape index (κ3) is 4.18. The molecular weight excluding hydrogens is 306 g/mol. The zero-order valence-corrected chi connectivity index (χ0v) is 12.7. The van der Waals surface area contributed by atoms with Crippen LogP contribution in [0.4, 0.5) is 0 Å². The molecule has 21 heavy (non-hydrogen) atoms. The Morgan fingerprint density at radius 1 is 1.48 bits per heavy atom. The number of nitrogens with one attached hydrogen (secondary N) is 1. The van der Waals surface area contributed by atoms with Crippen LogP contribution in [0.5, 0.6) is 0 Å². The van der Waals surface area contributed by atoms with Crippen LogP contribution < -0.4 is 5.32 Å². The first kappa shape index (κ1) is 17.0. The molecule has 0 radical (unpaired) electrons. The molecule has 0 aliphatic heterocycles. The molecule has 0 saturated heterocycles. The first-order valence-electron chi connectivity index (χ1n) is 5.84. The fraction of sp³-hybridized carbons (Fsp3) is 0.133. The molecule has 4 nitrogen and oxygen atoms in total. The normalized spacial score (nSPS) is 12.5. The molecule has 0 spiro atoms. The highest BCUT2D eigenvalue weighted by Gasteiger charge is 2.39. The summed E-state index contributed by atoms with van der Waals surface area (Å²) in [6.07, 6.45) is 5.23. The fourth-order valence-electron chi connectivity index (χ4n) is 1.55. The maximum Gasteiger partial charge on any atom is 0.340 e. The second-order valence-corrected chi connectivity index (χ2v) is 5.56. The summed E-state index contributed by atoms with van der Waals surface area (Å²) in [6, 6.07) is 6.29. The molecule has 1 aromatic rings. The maximum atomic E-state index is 12.2. The van der Waals surface area contributed by atoms with Crippen LogP contribution in [0.15, 0.2) is 36.3 Å². The standard InChI is InChI=1S/C15H13NO3S2/c1-3-11-5-7-12(8-6-11)13(17)16-15(9-10-20,14(18)19)21-4-2/h1,4-8,10H,2,9H2,(H,16,17)(H,18,19). The summed E-state index contributed by atoms with van der Waals surface area (Å²) in [6.45, 7) is 3.49. The van der Waals surface area contributed by atoms with Crippen molar-refractivity contribution in [3.63, 3.8) is 0 Å². The van der Waals surface area contributed by atoms with Gasteiger partial charge >= 0.3 is 5.97 Å². The van der Waals surface area contributed by atoms with Crippen LogP contribution in [0, 0.1) is 12.3 Å². The molecule has 0 heterocycles. The predicted octanol–water partition coefficient (Wildman–Crippen LogP) is 2.45. The predicted molar refractivity (Wildman–Crippen MR) is 88.3 cm³/mol. The lowest BCUT2D eigenvalue weighted by atomic mass is 10.1. The minimum atomic E-state index is -1.56. The molecule has 108 valence electrons. The van der Waals surface area contributed by atoms with Crippen molar-refractivity contribution in [2.45, 2.75) is 11.3 Å². The number of carboxylic acid groups (broad SMARTS) is 1. The van der Waals surface area contributed by atoms with Crippen LogP contribution in [0.2, 0.25) is 0 Å². The Labute approximate surface area is 132 Å². The fourth-order valence-corrected chi connectivity index (χ4v) is 2.62. The van der Waals surface area contributed by atoms with Crippen LogP contribution in [0.3, 0.4) is 0 Å². The van der Waals surface area contributed by atoms with Crippen molar-refractivity contribution in [1.29, 1.82) is 0 Å². The summed E-state index contributed by atoms with van der Waals surface area (Å²) in [5, 5.41) is 14.5. The molecule has 0 aromatic heterocycles. The van der Waals surface area contributed by atoms with E-state index >= 15 is 0 Å². The monoisotopic (exact) mass is 319 g/mol. The molecule has 0 fully saturated rings. The van der Waals surface area contributed by atoms with E-state index in [0.717, 1.165) is 11.8 Å². The number of benzene rings is 1. The quantitative estimate of drug-likeness (QED) is 0.459. The molecule has 0 bridgehead atoms. The van der Waals surface area contributed by atoms with Gasteiger partial charge in [0.25, 0.3) is 5.91 Å². The molecule has 0 saturated carbocycles. The molecular formula is C15H13NO3S2. The number of thiocarbonyl (C=S) groups is 1. The molecule has 1 unspecified atom stereocenters. The van der Waals surface area contributed by atoms with Crippen LogP contribution >= 0.6 is 24.0 Å². The molecule has 2 N–H and O–H groups in total.